The van der Waals surface area contributed by atoms with E-state index in [4.69, 9.17) is 37.0 Å². The van der Waals surface area contributed by atoms with E-state index in [2.05, 4.69) is 180 Å². The molecule has 0 aliphatic carbocycles. The number of carbonyl (C=O) groups is 4. The summed E-state index contributed by atoms with van der Waals surface area (Å²) in [7, 11) is -10.1. The molecule has 0 aromatic heterocycles. The Morgan fingerprint density at radius 1 is 0.288 bits per heavy atom. The molecule has 17 nitrogen and oxygen atoms in total. The lowest BCUT2D eigenvalue weighted by Crippen LogP contribution is -2.30. The third kappa shape index (κ3) is 73.7. The van der Waals surface area contributed by atoms with Gasteiger partial charge in [-0.1, -0.05) is 279 Å². The average Bonchev–Trinajstić information content (AvgIpc) is 0.918. The van der Waals surface area contributed by atoms with Crippen molar-refractivity contribution in [3.63, 3.8) is 0 Å². The lowest BCUT2D eigenvalue weighted by Gasteiger charge is -2.21. The molecule has 104 heavy (non-hydrogen) atoms. The van der Waals surface area contributed by atoms with Gasteiger partial charge in [0.15, 0.2) is 12.2 Å². The number of phosphoric acid groups is 2. The van der Waals surface area contributed by atoms with Gasteiger partial charge in [0.05, 0.1) is 39.3 Å². The number of allylic oxidation sites excluding steroid dienone is 34. The summed E-state index contributed by atoms with van der Waals surface area (Å²) in [5, 5.41) is 10.6. The summed E-state index contributed by atoms with van der Waals surface area (Å²) in [4.78, 5) is 72.7. The third-order valence-electron chi connectivity index (χ3n) is 14.5. The van der Waals surface area contributed by atoms with Crippen LogP contribution in [-0.2, 0) is 65.4 Å². The van der Waals surface area contributed by atoms with Crippen molar-refractivity contribution in [1.29, 1.82) is 0 Å². The number of aliphatic hydroxyl groups is 1. The number of rotatable bonds is 68. The van der Waals surface area contributed by atoms with E-state index >= 15 is 0 Å². The van der Waals surface area contributed by atoms with E-state index in [1.807, 2.05) is 42.5 Å². The molecule has 19 heteroatoms. The first kappa shape index (κ1) is 97.4. The number of unbranched alkanes of at least 4 members (excludes halogenated alkanes) is 8. The molecule has 0 saturated carbocycles. The molecule has 5 atom stereocenters. The van der Waals surface area contributed by atoms with E-state index in [9.17, 15) is 43.2 Å². The maximum atomic E-state index is 13.1. The minimum absolute atomic E-state index is 0.0197. The van der Waals surface area contributed by atoms with E-state index < -0.39 is 97.5 Å². The first-order valence-corrected chi connectivity index (χ1v) is 41.0. The van der Waals surface area contributed by atoms with Crippen molar-refractivity contribution in [3.8, 4) is 0 Å². The molecule has 0 aliphatic heterocycles. The maximum absolute atomic E-state index is 13.1. The van der Waals surface area contributed by atoms with Crippen LogP contribution in [0.2, 0.25) is 0 Å². The van der Waals surface area contributed by atoms with Crippen LogP contribution in [0.4, 0.5) is 0 Å². The minimum Gasteiger partial charge on any atom is -0.462 e. The normalized spacial score (nSPS) is 15.1. The Labute approximate surface area is 626 Å². The van der Waals surface area contributed by atoms with E-state index in [-0.39, 0.29) is 25.7 Å². The number of hydrogen-bond acceptors (Lipinski definition) is 15. The van der Waals surface area contributed by atoms with E-state index in [0.29, 0.717) is 32.1 Å². The topological polar surface area (TPSA) is 237 Å². The molecular formula is C85H130O17P2. The highest BCUT2D eigenvalue weighted by Gasteiger charge is 2.30. The molecule has 0 radical (unpaired) electrons. The predicted octanol–water partition coefficient (Wildman–Crippen LogP) is 22.1. The summed E-state index contributed by atoms with van der Waals surface area (Å²) in [5.41, 5.74) is 0. The molecule has 0 aromatic carbocycles. The van der Waals surface area contributed by atoms with E-state index in [1.165, 1.54) is 19.3 Å². The van der Waals surface area contributed by atoms with Crippen LogP contribution in [0.1, 0.15) is 233 Å². The largest absolute Gasteiger partial charge is 0.472 e. The molecule has 582 valence electrons. The number of esters is 4. The van der Waals surface area contributed by atoms with Crippen LogP contribution in [0.15, 0.2) is 219 Å². The summed E-state index contributed by atoms with van der Waals surface area (Å²) in [6, 6.07) is 0. The van der Waals surface area contributed by atoms with Gasteiger partial charge in [0, 0.05) is 12.8 Å². The van der Waals surface area contributed by atoms with Gasteiger partial charge in [0.25, 0.3) is 0 Å². The molecule has 0 rings (SSSR count). The molecule has 3 N–H and O–H groups in total. The molecule has 0 fully saturated rings. The number of carbonyl (C=O) groups excluding carboxylic acids is 4. The molecule has 0 spiro atoms. The summed E-state index contributed by atoms with van der Waals surface area (Å²) >= 11 is 0. The monoisotopic (exact) mass is 1480 g/mol. The first-order chi connectivity index (χ1) is 50.7. The highest BCUT2D eigenvalue weighted by atomic mass is 31.2. The van der Waals surface area contributed by atoms with Crippen molar-refractivity contribution in [2.75, 3.05) is 39.6 Å². The second-order valence-electron chi connectivity index (χ2n) is 24.1. The first-order valence-electron chi connectivity index (χ1n) is 38.0. The van der Waals surface area contributed by atoms with E-state index in [0.717, 1.165) is 128 Å². The quantitative estimate of drug-likeness (QED) is 0.0169. The molecule has 0 aliphatic rings. The van der Waals surface area contributed by atoms with Crippen LogP contribution in [0, 0.1) is 0 Å². The predicted molar refractivity (Wildman–Crippen MR) is 426 cm³/mol. The summed E-state index contributed by atoms with van der Waals surface area (Å²) in [5.74, 6) is -2.62. The minimum atomic E-state index is -5.04. The van der Waals surface area contributed by atoms with Crippen molar-refractivity contribution >= 4 is 39.5 Å². The summed E-state index contributed by atoms with van der Waals surface area (Å²) in [6.45, 7) is 4.11. The number of aliphatic hydroxyl groups excluding tert-OH is 1. The molecule has 0 bridgehead atoms. The SMILES string of the molecule is CC/C=C\C/C=C\C/C=C\C/C=C\C/C=C\C/C=C\CCC(=O)OCC(COP(=O)(O)OCC(O)COP(=O)(O)OCC(COC(=O)C/C=C\C/C=C\C/C=C\C/C=C\C/C=C\CC)OC(=O)C/C=C\C/C=C\C/C=C\C/C=C\C/C=C\CC)OC(=O)CCCCCCC/C=C\C/C=C\CCCCC. The molecule has 0 saturated heterocycles. The molecule has 0 amide bonds. The van der Waals surface area contributed by atoms with Gasteiger partial charge in [-0.25, -0.2) is 9.13 Å². The standard InChI is InChI=1S/C85H130O17P2/c1-5-9-13-17-21-25-29-33-37-38-39-40-44-46-50-54-58-62-66-70-83(88)96-76-81(102-85(90)72-68-64-60-56-52-48-43-36-32-28-24-20-16-12-8-4)78-100-104(93,94)98-74-79(86)73-97-103(91,92)99-77-80(101-84(89)71-67-63-59-55-51-47-42-35-31-27-23-19-15-11-7-3)75-95-82(87)69-65-61-57-53-49-45-41-34-30-26-22-18-14-10-6-2/h9-11,13-15,21-28,33-37,39-43,46,49-51,53,55,58,61-63,65,67,79-81,86H,5-8,12,16-20,29-32,38,44-45,47-48,52,54,56-57,59-60,64,66,68-78H2,1-4H3,(H,91,92)(H,93,94)/b13-9-,14-10-,15-11-,25-21-,26-22-,27-23-,28-24-,37-33-,40-39-,41-34-,42-35-,43-36-,50-46-,53-49-,55-51-,62-58-,65-61-,67-63-. The van der Waals surface area contributed by atoms with Crippen molar-refractivity contribution in [2.24, 2.45) is 0 Å². The molecular weight excluding hydrogens is 1350 g/mol. The van der Waals surface area contributed by atoms with Gasteiger partial charge in [-0.05, 0) is 148 Å². The lowest BCUT2D eigenvalue weighted by molar-refractivity contribution is -0.161. The Bertz CT molecular complexity index is 2840. The lowest BCUT2D eigenvalue weighted by atomic mass is 10.1. The second-order valence-corrected chi connectivity index (χ2v) is 27.0. The Morgan fingerprint density at radius 3 is 0.933 bits per heavy atom. The van der Waals surface area contributed by atoms with Crippen molar-refractivity contribution in [1.82, 2.24) is 0 Å². The smallest absolute Gasteiger partial charge is 0.462 e. The van der Waals surface area contributed by atoms with Crippen LogP contribution in [-0.4, -0.2) is 96.7 Å². The Morgan fingerprint density at radius 2 is 0.567 bits per heavy atom. The number of ether oxygens (including phenoxy) is 4. The maximum Gasteiger partial charge on any atom is 0.472 e. The summed E-state index contributed by atoms with van der Waals surface area (Å²) < 4.78 is 68.1. The summed E-state index contributed by atoms with van der Waals surface area (Å²) in [6.07, 6.45) is 94.4. The number of phosphoric ester groups is 2. The molecule has 0 heterocycles. The van der Waals surface area contributed by atoms with Crippen LogP contribution in [0.25, 0.3) is 0 Å². The fourth-order valence-corrected chi connectivity index (χ4v) is 10.4. The zero-order valence-electron chi connectivity index (χ0n) is 63.3. The zero-order chi connectivity index (χ0) is 76.0. The van der Waals surface area contributed by atoms with Crippen LogP contribution in [0.5, 0.6) is 0 Å². The van der Waals surface area contributed by atoms with Gasteiger partial charge in [-0.2, -0.15) is 0 Å². The average molecular weight is 1490 g/mol. The Hall–Kier alpha value is -6.62. The van der Waals surface area contributed by atoms with Gasteiger partial charge >= 0.3 is 39.5 Å². The van der Waals surface area contributed by atoms with Crippen molar-refractivity contribution < 1.29 is 80.2 Å². The van der Waals surface area contributed by atoms with Crippen LogP contribution >= 0.6 is 15.6 Å². The van der Waals surface area contributed by atoms with Crippen molar-refractivity contribution in [3.05, 3.63) is 219 Å². The highest BCUT2D eigenvalue weighted by molar-refractivity contribution is 7.47. The van der Waals surface area contributed by atoms with Gasteiger partial charge < -0.3 is 33.8 Å². The number of hydrogen-bond donors (Lipinski definition) is 3. The Kier molecular flexibility index (Phi) is 69.9. The van der Waals surface area contributed by atoms with Gasteiger partial charge in [0.2, 0.25) is 0 Å². The highest BCUT2D eigenvalue weighted by Crippen LogP contribution is 2.45. The van der Waals surface area contributed by atoms with Gasteiger partial charge in [-0.3, -0.25) is 37.3 Å². The Balaban J connectivity index is 5.60. The van der Waals surface area contributed by atoms with Gasteiger partial charge in [0.1, 0.15) is 19.3 Å². The van der Waals surface area contributed by atoms with Crippen molar-refractivity contribution in [2.45, 2.75) is 251 Å². The fourth-order valence-electron chi connectivity index (χ4n) is 8.83. The van der Waals surface area contributed by atoms with E-state index in [1.54, 1.807) is 24.3 Å². The van der Waals surface area contributed by atoms with Gasteiger partial charge in [-0.15, -0.1) is 0 Å². The molecule has 0 aromatic rings. The van der Waals surface area contributed by atoms with Crippen LogP contribution < -0.4 is 0 Å². The van der Waals surface area contributed by atoms with Crippen LogP contribution in [0.3, 0.4) is 0 Å². The second kappa shape index (κ2) is 74.6. The molecule has 5 unspecified atom stereocenters. The zero-order valence-corrected chi connectivity index (χ0v) is 65.1. The third-order valence-corrected chi connectivity index (χ3v) is 16.4. The fraction of sp³-hybridized carbons (Fsp3) is 0.529.